The number of nitrogens with zero attached hydrogens (tertiary/aromatic N) is 2. The maximum atomic E-state index is 12.9. The second-order valence-electron chi connectivity index (χ2n) is 7.90. The van der Waals surface area contributed by atoms with Crippen molar-refractivity contribution in [3.63, 3.8) is 0 Å². The molecule has 1 amide bonds. The van der Waals surface area contributed by atoms with Crippen LogP contribution in [0.15, 0.2) is 24.3 Å². The molecule has 1 unspecified atom stereocenters. The zero-order valence-corrected chi connectivity index (χ0v) is 17.2. The smallest absolute Gasteiger partial charge is 0.225 e. The fourth-order valence-corrected chi connectivity index (χ4v) is 4.71. The van der Waals surface area contributed by atoms with Crippen molar-refractivity contribution in [3.05, 3.63) is 35.4 Å². The Kier molecular flexibility index (Phi) is 6.23. The van der Waals surface area contributed by atoms with Crippen LogP contribution in [0.5, 0.6) is 0 Å². The van der Waals surface area contributed by atoms with E-state index >= 15 is 0 Å². The van der Waals surface area contributed by atoms with Crippen LogP contribution in [0, 0.1) is 5.92 Å². The van der Waals surface area contributed by atoms with Crippen molar-refractivity contribution in [2.45, 2.75) is 38.7 Å². The molecule has 0 aliphatic carbocycles. The number of hydrogen-bond acceptors (Lipinski definition) is 4. The third-order valence-corrected chi connectivity index (χ3v) is 6.93. The van der Waals surface area contributed by atoms with E-state index in [1.165, 1.54) is 16.1 Å². The minimum absolute atomic E-state index is 0.0925. The molecule has 2 fully saturated rings. The first-order valence-electron chi connectivity index (χ1n) is 9.71. The highest BCUT2D eigenvalue weighted by molar-refractivity contribution is 7.88. The first-order valence-corrected chi connectivity index (χ1v) is 11.6. The number of carbonyl (C=O) groups is 1. The van der Waals surface area contributed by atoms with E-state index in [-0.39, 0.29) is 17.9 Å². The van der Waals surface area contributed by atoms with Gasteiger partial charge in [-0.2, -0.15) is 0 Å². The molecule has 6 nitrogen and oxygen atoms in total. The standard InChI is InChI=1S/C20H30N2O4S/c1-15(2)16-4-6-17(7-5-16)19-14-21(12-13-26-19)20(23)18-8-10-22(11-9-18)27(3,24)25/h4-7,15,18-19H,8-14H2,1-3H3. The Morgan fingerprint density at radius 3 is 2.30 bits per heavy atom. The number of benzene rings is 1. The molecule has 0 bridgehead atoms. The number of sulfonamides is 1. The van der Waals surface area contributed by atoms with Crippen molar-refractivity contribution in [2.24, 2.45) is 5.92 Å². The van der Waals surface area contributed by atoms with E-state index in [4.69, 9.17) is 4.74 Å². The summed E-state index contributed by atoms with van der Waals surface area (Å²) < 4.78 is 30.7. The molecule has 2 aliphatic rings. The van der Waals surface area contributed by atoms with Crippen LogP contribution in [-0.2, 0) is 19.6 Å². The molecular formula is C20H30N2O4S. The van der Waals surface area contributed by atoms with Crippen LogP contribution >= 0.6 is 0 Å². The predicted octanol–water partition coefficient (Wildman–Crippen LogP) is 2.38. The van der Waals surface area contributed by atoms with Crippen molar-refractivity contribution >= 4 is 15.9 Å². The van der Waals surface area contributed by atoms with E-state index < -0.39 is 10.0 Å². The molecule has 0 N–H and O–H groups in total. The van der Waals surface area contributed by atoms with Gasteiger partial charge in [0.25, 0.3) is 0 Å². The van der Waals surface area contributed by atoms with Gasteiger partial charge < -0.3 is 9.64 Å². The summed E-state index contributed by atoms with van der Waals surface area (Å²) in [5.41, 5.74) is 2.39. The van der Waals surface area contributed by atoms with Crippen LogP contribution in [0.3, 0.4) is 0 Å². The fraction of sp³-hybridized carbons (Fsp3) is 0.650. The maximum absolute atomic E-state index is 12.9. The van der Waals surface area contributed by atoms with Gasteiger partial charge in [0.05, 0.1) is 19.4 Å². The molecule has 1 atom stereocenters. The van der Waals surface area contributed by atoms with Gasteiger partial charge in [-0.3, -0.25) is 4.79 Å². The van der Waals surface area contributed by atoms with Crippen molar-refractivity contribution in [3.8, 4) is 0 Å². The van der Waals surface area contributed by atoms with Gasteiger partial charge >= 0.3 is 0 Å². The predicted molar refractivity (Wildman–Crippen MR) is 105 cm³/mol. The molecule has 0 radical (unpaired) electrons. The van der Waals surface area contributed by atoms with Gasteiger partial charge in [0.2, 0.25) is 15.9 Å². The second kappa shape index (κ2) is 8.29. The van der Waals surface area contributed by atoms with E-state index in [1.54, 1.807) is 0 Å². The second-order valence-corrected chi connectivity index (χ2v) is 9.88. The number of hydrogen-bond donors (Lipinski definition) is 0. The Bertz CT molecular complexity index is 753. The average molecular weight is 395 g/mol. The largest absolute Gasteiger partial charge is 0.370 e. The number of ether oxygens (including phenoxy) is 1. The van der Waals surface area contributed by atoms with Gasteiger partial charge in [0.15, 0.2) is 0 Å². The van der Waals surface area contributed by atoms with Crippen molar-refractivity contribution < 1.29 is 17.9 Å². The highest BCUT2D eigenvalue weighted by Crippen LogP contribution is 2.27. The molecule has 1 aromatic carbocycles. The Morgan fingerprint density at radius 1 is 1.11 bits per heavy atom. The number of rotatable bonds is 4. The molecule has 27 heavy (non-hydrogen) atoms. The lowest BCUT2D eigenvalue weighted by molar-refractivity contribution is -0.144. The third-order valence-electron chi connectivity index (χ3n) is 5.63. The average Bonchev–Trinajstić information content (AvgIpc) is 2.67. The van der Waals surface area contributed by atoms with Gasteiger partial charge in [-0.15, -0.1) is 0 Å². The lowest BCUT2D eigenvalue weighted by Crippen LogP contribution is -2.48. The summed E-state index contributed by atoms with van der Waals surface area (Å²) >= 11 is 0. The number of amides is 1. The minimum Gasteiger partial charge on any atom is -0.370 e. The molecule has 7 heteroatoms. The summed E-state index contributed by atoms with van der Waals surface area (Å²) in [6.45, 7) is 6.89. The summed E-state index contributed by atoms with van der Waals surface area (Å²) in [6.07, 6.45) is 2.32. The maximum Gasteiger partial charge on any atom is 0.225 e. The minimum atomic E-state index is -3.17. The lowest BCUT2D eigenvalue weighted by Gasteiger charge is -2.37. The van der Waals surface area contributed by atoms with Crippen LogP contribution in [0.25, 0.3) is 0 Å². The molecule has 150 valence electrons. The van der Waals surface area contributed by atoms with Crippen LogP contribution in [-0.4, -0.2) is 62.6 Å². The summed E-state index contributed by atoms with van der Waals surface area (Å²) in [4.78, 5) is 14.8. The quantitative estimate of drug-likeness (QED) is 0.786. The van der Waals surface area contributed by atoms with E-state index in [9.17, 15) is 13.2 Å². The van der Waals surface area contributed by atoms with Crippen molar-refractivity contribution in [1.82, 2.24) is 9.21 Å². The van der Waals surface area contributed by atoms with Crippen molar-refractivity contribution in [2.75, 3.05) is 39.0 Å². The first kappa shape index (κ1) is 20.3. The fourth-order valence-electron chi connectivity index (χ4n) is 3.84. The monoisotopic (exact) mass is 394 g/mol. The third kappa shape index (κ3) is 4.89. The Morgan fingerprint density at radius 2 is 1.74 bits per heavy atom. The molecule has 3 rings (SSSR count). The van der Waals surface area contributed by atoms with E-state index in [0.29, 0.717) is 51.5 Å². The van der Waals surface area contributed by atoms with Gasteiger partial charge in [0.1, 0.15) is 6.10 Å². The van der Waals surface area contributed by atoms with Gasteiger partial charge in [-0.25, -0.2) is 12.7 Å². The number of morpholine rings is 1. The molecule has 0 aromatic heterocycles. The lowest BCUT2D eigenvalue weighted by atomic mass is 9.95. The van der Waals surface area contributed by atoms with Crippen LogP contribution in [0.1, 0.15) is 49.8 Å². The highest BCUT2D eigenvalue weighted by atomic mass is 32.2. The van der Waals surface area contributed by atoms with Gasteiger partial charge in [0, 0.05) is 25.6 Å². The topological polar surface area (TPSA) is 66.9 Å². The molecule has 0 spiro atoms. The first-order chi connectivity index (χ1) is 12.8. The normalized spacial score (nSPS) is 23.0. The summed E-state index contributed by atoms with van der Waals surface area (Å²) in [7, 11) is -3.17. The summed E-state index contributed by atoms with van der Waals surface area (Å²) in [5, 5.41) is 0. The van der Waals surface area contributed by atoms with Crippen molar-refractivity contribution in [1.29, 1.82) is 0 Å². The molecule has 2 heterocycles. The van der Waals surface area contributed by atoms with E-state index in [1.807, 2.05) is 4.90 Å². The van der Waals surface area contributed by atoms with E-state index in [2.05, 4.69) is 38.1 Å². The molecule has 2 aliphatic heterocycles. The Hall–Kier alpha value is -1.44. The number of piperidine rings is 1. The molecule has 2 saturated heterocycles. The number of carbonyl (C=O) groups excluding carboxylic acids is 1. The van der Waals surface area contributed by atoms with Crippen LogP contribution < -0.4 is 0 Å². The van der Waals surface area contributed by atoms with E-state index in [0.717, 1.165) is 5.56 Å². The summed E-state index contributed by atoms with van der Waals surface area (Å²) in [5.74, 6) is 0.530. The highest BCUT2D eigenvalue weighted by Gasteiger charge is 2.33. The van der Waals surface area contributed by atoms with Gasteiger partial charge in [-0.1, -0.05) is 38.1 Å². The zero-order valence-electron chi connectivity index (χ0n) is 16.4. The van der Waals surface area contributed by atoms with Crippen LogP contribution in [0.4, 0.5) is 0 Å². The Labute approximate surface area is 162 Å². The molecule has 0 saturated carbocycles. The zero-order chi connectivity index (χ0) is 19.6. The molecular weight excluding hydrogens is 364 g/mol. The summed E-state index contributed by atoms with van der Waals surface area (Å²) in [6, 6.07) is 8.45. The molecule has 1 aromatic rings. The SMILES string of the molecule is CC(C)c1ccc(C2CN(C(=O)C3CCN(S(C)(=O)=O)CC3)CCO2)cc1. The van der Waals surface area contributed by atoms with Gasteiger partial charge in [-0.05, 0) is 29.9 Å². The Balaban J connectivity index is 1.60. The van der Waals surface area contributed by atoms with Crippen LogP contribution in [0.2, 0.25) is 0 Å².